The van der Waals surface area contributed by atoms with E-state index in [0.29, 0.717) is 13.0 Å². The molecule has 2 heterocycles. The second-order valence-electron chi connectivity index (χ2n) is 3.57. The van der Waals surface area contributed by atoms with Crippen LogP contribution in [0.15, 0.2) is 0 Å². The van der Waals surface area contributed by atoms with Crippen LogP contribution in [0.25, 0.3) is 0 Å². The Morgan fingerprint density at radius 3 is 2.69 bits per heavy atom. The van der Waals surface area contributed by atoms with E-state index in [2.05, 4.69) is 5.32 Å². The van der Waals surface area contributed by atoms with Crippen molar-refractivity contribution in [1.82, 2.24) is 5.32 Å². The lowest BCUT2D eigenvalue weighted by Crippen LogP contribution is -2.41. The first-order chi connectivity index (χ1) is 5.96. The Labute approximate surface area is 76.4 Å². The second kappa shape index (κ2) is 2.37. The maximum absolute atomic E-state index is 11.4. The molecule has 74 valence electrons. The summed E-state index contributed by atoms with van der Waals surface area (Å²) in [6, 6.07) is 0. The first-order valence-electron chi connectivity index (χ1n) is 4.15. The predicted molar refractivity (Wildman–Crippen MR) is 45.1 cm³/mol. The fraction of sp³-hybridized carbons (Fsp3) is 0.857. The van der Waals surface area contributed by atoms with Gasteiger partial charge in [-0.2, -0.15) is 0 Å². The van der Waals surface area contributed by atoms with Crippen LogP contribution in [0, 0.1) is 0 Å². The molecule has 2 saturated heterocycles. The van der Waals surface area contributed by atoms with Gasteiger partial charge in [0.15, 0.2) is 9.84 Å². The number of rotatable bonds is 0. The monoisotopic (exact) mass is 205 g/mol. The van der Waals surface area contributed by atoms with Crippen molar-refractivity contribution < 1.29 is 17.9 Å². The summed E-state index contributed by atoms with van der Waals surface area (Å²) >= 11 is 0. The Morgan fingerprint density at radius 2 is 2.31 bits per heavy atom. The average molecular weight is 205 g/mol. The van der Waals surface area contributed by atoms with E-state index in [1.54, 1.807) is 6.92 Å². The summed E-state index contributed by atoms with van der Waals surface area (Å²) in [7, 11) is -3.06. The largest absolute Gasteiger partial charge is 0.440 e. The number of nitrogens with one attached hydrogen (secondary N) is 1. The highest BCUT2D eigenvalue weighted by Gasteiger charge is 2.55. The van der Waals surface area contributed by atoms with Gasteiger partial charge in [-0.15, -0.1) is 0 Å². The van der Waals surface area contributed by atoms with Crippen molar-refractivity contribution in [2.45, 2.75) is 24.2 Å². The van der Waals surface area contributed by atoms with Crippen LogP contribution < -0.4 is 5.32 Å². The lowest BCUT2D eigenvalue weighted by molar-refractivity contribution is 0.0607. The summed E-state index contributed by atoms with van der Waals surface area (Å²) < 4.78 is 27.8. The molecule has 0 bridgehead atoms. The lowest BCUT2D eigenvalue weighted by atomic mass is 9.98. The van der Waals surface area contributed by atoms with Gasteiger partial charge in [-0.1, -0.05) is 0 Å². The summed E-state index contributed by atoms with van der Waals surface area (Å²) in [4.78, 5) is 10.8. The van der Waals surface area contributed by atoms with Gasteiger partial charge < -0.3 is 10.1 Å². The summed E-state index contributed by atoms with van der Waals surface area (Å²) in [5.41, 5.74) is -0.796. The van der Waals surface area contributed by atoms with Crippen molar-refractivity contribution >= 4 is 15.9 Å². The van der Waals surface area contributed by atoms with Crippen LogP contribution in [0.4, 0.5) is 4.79 Å². The number of carbonyl (C=O) groups is 1. The van der Waals surface area contributed by atoms with Gasteiger partial charge in [-0.05, 0) is 6.92 Å². The van der Waals surface area contributed by atoms with Crippen molar-refractivity contribution in [1.29, 1.82) is 0 Å². The van der Waals surface area contributed by atoms with Crippen molar-refractivity contribution in [3.8, 4) is 0 Å². The third kappa shape index (κ3) is 1.12. The van der Waals surface area contributed by atoms with E-state index in [1.807, 2.05) is 0 Å². The van der Waals surface area contributed by atoms with Crippen LogP contribution in [-0.4, -0.2) is 37.7 Å². The third-order valence-corrected chi connectivity index (χ3v) is 5.20. The van der Waals surface area contributed by atoms with Gasteiger partial charge in [-0.25, -0.2) is 13.2 Å². The standard InChI is InChI=1S/C7H11NO4S/c1-5-7(2-3-13(5,10)11)4-8-6(9)12-7/h5H,2-4H2,1H3,(H,8,9). The molecule has 5 nitrogen and oxygen atoms in total. The number of ether oxygens (including phenoxy) is 1. The number of carbonyl (C=O) groups excluding carboxylic acids is 1. The van der Waals surface area contributed by atoms with E-state index < -0.39 is 26.8 Å². The minimum Gasteiger partial charge on any atom is -0.440 e. The number of amides is 1. The quantitative estimate of drug-likeness (QED) is 0.588. The molecule has 0 radical (unpaired) electrons. The fourth-order valence-corrected chi connectivity index (χ4v) is 3.75. The van der Waals surface area contributed by atoms with E-state index in [-0.39, 0.29) is 5.75 Å². The molecule has 0 saturated carbocycles. The summed E-state index contributed by atoms with van der Waals surface area (Å²) in [5.74, 6) is 0.114. The number of alkyl carbamates (subject to hydrolysis) is 1. The number of hydrogen-bond donors (Lipinski definition) is 1. The minimum absolute atomic E-state index is 0.114. The summed E-state index contributed by atoms with van der Waals surface area (Å²) in [5, 5.41) is 1.91. The average Bonchev–Trinajstić information content (AvgIpc) is 2.52. The van der Waals surface area contributed by atoms with E-state index >= 15 is 0 Å². The SMILES string of the molecule is CC1C2(CCS1(=O)=O)CNC(=O)O2. The third-order valence-electron chi connectivity index (χ3n) is 2.92. The molecule has 0 aromatic carbocycles. The van der Waals surface area contributed by atoms with E-state index in [1.165, 1.54) is 0 Å². The van der Waals surface area contributed by atoms with Crippen molar-refractivity contribution in [3.63, 3.8) is 0 Å². The van der Waals surface area contributed by atoms with Crippen LogP contribution in [0.2, 0.25) is 0 Å². The molecule has 0 aromatic rings. The minimum atomic E-state index is -3.06. The van der Waals surface area contributed by atoms with Gasteiger partial charge in [0.1, 0.15) is 10.9 Å². The van der Waals surface area contributed by atoms with E-state index in [0.717, 1.165) is 0 Å². The predicted octanol–water partition coefficient (Wildman–Crippen LogP) is -0.328. The molecule has 1 N–H and O–H groups in total. The highest BCUT2D eigenvalue weighted by atomic mass is 32.2. The van der Waals surface area contributed by atoms with Gasteiger partial charge in [0.05, 0.1) is 12.3 Å². The molecule has 2 aliphatic rings. The van der Waals surface area contributed by atoms with Crippen LogP contribution in [0.5, 0.6) is 0 Å². The molecule has 2 fully saturated rings. The summed E-state index contributed by atoms with van der Waals surface area (Å²) in [6.45, 7) is 1.91. The van der Waals surface area contributed by atoms with Crippen LogP contribution in [0.1, 0.15) is 13.3 Å². The zero-order valence-electron chi connectivity index (χ0n) is 7.24. The second-order valence-corrected chi connectivity index (χ2v) is 6.01. The van der Waals surface area contributed by atoms with Crippen LogP contribution in [0.3, 0.4) is 0 Å². The highest BCUT2D eigenvalue weighted by molar-refractivity contribution is 7.92. The Kier molecular flexibility index (Phi) is 1.61. The Bertz CT molecular complexity index is 350. The smallest absolute Gasteiger partial charge is 0.407 e. The van der Waals surface area contributed by atoms with Crippen LogP contribution in [-0.2, 0) is 14.6 Å². The molecule has 2 aliphatic heterocycles. The Morgan fingerprint density at radius 1 is 1.62 bits per heavy atom. The highest BCUT2D eigenvalue weighted by Crippen LogP contribution is 2.36. The van der Waals surface area contributed by atoms with Gasteiger partial charge in [-0.3, -0.25) is 0 Å². The maximum atomic E-state index is 11.4. The molecule has 2 rings (SSSR count). The van der Waals surface area contributed by atoms with Crippen molar-refractivity contribution in [2.75, 3.05) is 12.3 Å². The topological polar surface area (TPSA) is 72.5 Å². The van der Waals surface area contributed by atoms with E-state index in [4.69, 9.17) is 4.74 Å². The van der Waals surface area contributed by atoms with Crippen molar-refractivity contribution in [2.24, 2.45) is 0 Å². The fourth-order valence-electron chi connectivity index (χ4n) is 1.87. The summed E-state index contributed by atoms with van der Waals surface area (Å²) in [6.07, 6.45) is -0.0983. The van der Waals surface area contributed by atoms with E-state index in [9.17, 15) is 13.2 Å². The first kappa shape index (κ1) is 8.80. The molecule has 0 aromatic heterocycles. The molecule has 1 spiro atoms. The van der Waals surface area contributed by atoms with Gasteiger partial charge >= 0.3 is 6.09 Å². The van der Waals surface area contributed by atoms with Gasteiger partial charge in [0.2, 0.25) is 0 Å². The zero-order valence-corrected chi connectivity index (χ0v) is 8.06. The molecule has 2 unspecified atom stereocenters. The zero-order chi connectivity index (χ0) is 9.69. The molecule has 0 aliphatic carbocycles. The molecule has 13 heavy (non-hydrogen) atoms. The Balaban J connectivity index is 2.33. The van der Waals surface area contributed by atoms with Crippen LogP contribution >= 0.6 is 0 Å². The molecular formula is C7H11NO4S. The normalized spacial score (nSPS) is 41.9. The lowest BCUT2D eigenvalue weighted by Gasteiger charge is -2.23. The van der Waals surface area contributed by atoms with Gasteiger partial charge in [0.25, 0.3) is 0 Å². The Hall–Kier alpha value is -0.780. The number of hydrogen-bond acceptors (Lipinski definition) is 4. The molecule has 1 amide bonds. The first-order valence-corrected chi connectivity index (χ1v) is 5.86. The molecule has 6 heteroatoms. The molecule has 2 atom stereocenters. The van der Waals surface area contributed by atoms with Crippen molar-refractivity contribution in [3.05, 3.63) is 0 Å². The molecular weight excluding hydrogens is 194 g/mol. The van der Waals surface area contributed by atoms with Gasteiger partial charge in [0, 0.05) is 6.42 Å². The maximum Gasteiger partial charge on any atom is 0.407 e. The number of sulfone groups is 1.